The Bertz CT molecular complexity index is 686. The van der Waals surface area contributed by atoms with Crippen molar-refractivity contribution in [3.8, 4) is 11.4 Å². The van der Waals surface area contributed by atoms with Crippen LogP contribution in [0.25, 0.3) is 11.4 Å². The van der Waals surface area contributed by atoms with Crippen LogP contribution in [0.4, 0.5) is 0 Å². The molecule has 2 heterocycles. The van der Waals surface area contributed by atoms with E-state index in [-0.39, 0.29) is 18.3 Å². The van der Waals surface area contributed by atoms with Crippen LogP contribution in [0.2, 0.25) is 0 Å². The van der Waals surface area contributed by atoms with Crippen LogP contribution in [0.15, 0.2) is 28.8 Å². The second kappa shape index (κ2) is 5.21. The van der Waals surface area contributed by atoms with Gasteiger partial charge in [0, 0.05) is 12.5 Å². The van der Waals surface area contributed by atoms with Crippen molar-refractivity contribution in [3.05, 3.63) is 30.2 Å². The fraction of sp³-hybridized carbons (Fsp3) is 0.500. The van der Waals surface area contributed by atoms with Crippen LogP contribution in [-0.4, -0.2) is 28.5 Å². The van der Waals surface area contributed by atoms with Gasteiger partial charge in [-0.05, 0) is 32.7 Å². The summed E-state index contributed by atoms with van der Waals surface area (Å²) in [6, 6.07) is 7.90. The molecule has 3 rings (SSSR count). The zero-order valence-electron chi connectivity index (χ0n) is 13.7. The quantitative estimate of drug-likeness (QED) is 0.816. The van der Waals surface area contributed by atoms with Gasteiger partial charge in [0.1, 0.15) is 0 Å². The molecule has 116 valence electrons. The van der Waals surface area contributed by atoms with Gasteiger partial charge in [0.15, 0.2) is 0 Å². The molecule has 1 saturated heterocycles. The van der Waals surface area contributed by atoms with Crippen LogP contribution >= 0.6 is 0 Å². The van der Waals surface area contributed by atoms with E-state index in [1.165, 1.54) is 0 Å². The largest absolute Gasteiger partial charge is 0.494 e. The number of benzene rings is 1. The molecule has 0 radical (unpaired) electrons. The normalized spacial score (nSPS) is 24.0. The minimum absolute atomic E-state index is 0.309. The van der Waals surface area contributed by atoms with Crippen molar-refractivity contribution < 1.29 is 13.8 Å². The van der Waals surface area contributed by atoms with Crippen LogP contribution in [0.5, 0.6) is 0 Å². The molecule has 1 unspecified atom stereocenters. The Hall–Kier alpha value is -1.66. The third-order valence-corrected chi connectivity index (χ3v) is 4.66. The highest BCUT2D eigenvalue weighted by molar-refractivity contribution is 6.62. The minimum Gasteiger partial charge on any atom is -0.399 e. The smallest absolute Gasteiger partial charge is 0.399 e. The fourth-order valence-electron chi connectivity index (χ4n) is 2.68. The van der Waals surface area contributed by atoms with Crippen LogP contribution < -0.4 is 5.46 Å². The second-order valence-corrected chi connectivity index (χ2v) is 6.42. The number of hydrogen-bond donors (Lipinski definition) is 0. The summed E-state index contributed by atoms with van der Waals surface area (Å²) in [4.78, 5) is 4.26. The summed E-state index contributed by atoms with van der Waals surface area (Å²) in [7, 11) is -0.382. The molecule has 0 bridgehead atoms. The molecule has 0 N–H and O–H groups in total. The van der Waals surface area contributed by atoms with E-state index in [0.29, 0.717) is 11.7 Å². The van der Waals surface area contributed by atoms with Gasteiger partial charge in [-0.3, -0.25) is 0 Å². The Kier molecular flexibility index (Phi) is 3.61. The maximum absolute atomic E-state index is 6.21. The average molecular weight is 300 g/mol. The monoisotopic (exact) mass is 300 g/mol. The molecular weight excluding hydrogens is 279 g/mol. The third kappa shape index (κ3) is 2.46. The van der Waals surface area contributed by atoms with Crippen molar-refractivity contribution >= 4 is 12.6 Å². The van der Waals surface area contributed by atoms with Crippen LogP contribution in [0, 0.1) is 6.92 Å². The van der Waals surface area contributed by atoms with E-state index in [1.54, 1.807) is 6.92 Å². The molecule has 2 aromatic rings. The molecule has 1 aromatic carbocycles. The molecule has 1 atom stereocenters. The molecule has 1 fully saturated rings. The van der Waals surface area contributed by atoms with Gasteiger partial charge in [-0.1, -0.05) is 36.3 Å². The summed E-state index contributed by atoms with van der Waals surface area (Å²) in [6.45, 7) is 10.1. The van der Waals surface area contributed by atoms with E-state index in [0.717, 1.165) is 17.4 Å². The van der Waals surface area contributed by atoms with E-state index in [4.69, 9.17) is 13.8 Å². The number of aryl methyl sites for hydroxylation is 1. The van der Waals surface area contributed by atoms with E-state index < -0.39 is 0 Å². The standard InChI is InChI=1S/C16H21BN2O3/c1-6-16(5)15(3,4)21-17(22-16)13-9-7-8-12(10-13)14-18-11(2)20-19-14/h7-10H,6H2,1-5H3. The van der Waals surface area contributed by atoms with E-state index in [9.17, 15) is 0 Å². The van der Waals surface area contributed by atoms with Gasteiger partial charge in [0.2, 0.25) is 11.7 Å². The molecule has 1 aromatic heterocycles. The summed E-state index contributed by atoms with van der Waals surface area (Å²) in [5.41, 5.74) is 1.20. The first kappa shape index (κ1) is 15.2. The van der Waals surface area contributed by atoms with Gasteiger partial charge in [-0.2, -0.15) is 4.98 Å². The lowest BCUT2D eigenvalue weighted by Gasteiger charge is -2.35. The number of nitrogens with zero attached hydrogens (tertiary/aromatic N) is 2. The highest BCUT2D eigenvalue weighted by atomic mass is 16.7. The first-order valence-corrected chi connectivity index (χ1v) is 7.61. The Morgan fingerprint density at radius 3 is 2.55 bits per heavy atom. The zero-order chi connectivity index (χ0) is 16.0. The van der Waals surface area contributed by atoms with Gasteiger partial charge < -0.3 is 13.8 Å². The van der Waals surface area contributed by atoms with Gasteiger partial charge in [-0.25, -0.2) is 0 Å². The van der Waals surface area contributed by atoms with E-state index in [2.05, 4.69) is 37.8 Å². The molecule has 0 spiro atoms. The number of aromatic nitrogens is 2. The summed E-state index contributed by atoms with van der Waals surface area (Å²) in [5.74, 6) is 1.13. The molecule has 5 nitrogen and oxygen atoms in total. The Labute approximate surface area is 131 Å². The summed E-state index contributed by atoms with van der Waals surface area (Å²) < 4.78 is 17.4. The zero-order valence-corrected chi connectivity index (χ0v) is 13.7. The minimum atomic E-state index is -0.382. The fourth-order valence-corrected chi connectivity index (χ4v) is 2.68. The topological polar surface area (TPSA) is 57.4 Å². The molecule has 0 aliphatic carbocycles. The average Bonchev–Trinajstić information content (AvgIpc) is 3.02. The van der Waals surface area contributed by atoms with Crippen LogP contribution in [0.1, 0.15) is 40.0 Å². The molecule has 22 heavy (non-hydrogen) atoms. The lowest BCUT2D eigenvalue weighted by Crippen LogP contribution is -2.44. The summed E-state index contributed by atoms with van der Waals surface area (Å²) in [6.07, 6.45) is 0.889. The predicted octanol–water partition coefficient (Wildman–Crippen LogP) is 2.73. The van der Waals surface area contributed by atoms with Crippen molar-refractivity contribution in [3.63, 3.8) is 0 Å². The highest BCUT2D eigenvalue weighted by Gasteiger charge is 2.53. The van der Waals surface area contributed by atoms with Crippen molar-refractivity contribution in [2.24, 2.45) is 0 Å². The molecular formula is C16H21BN2O3. The van der Waals surface area contributed by atoms with E-state index in [1.807, 2.05) is 24.3 Å². The third-order valence-electron chi connectivity index (χ3n) is 4.66. The van der Waals surface area contributed by atoms with Crippen LogP contribution in [-0.2, 0) is 9.31 Å². The van der Waals surface area contributed by atoms with Gasteiger partial charge in [0.05, 0.1) is 11.2 Å². The Morgan fingerprint density at radius 2 is 1.95 bits per heavy atom. The maximum Gasteiger partial charge on any atom is 0.494 e. The Balaban J connectivity index is 1.91. The summed E-state index contributed by atoms with van der Waals surface area (Å²) >= 11 is 0. The van der Waals surface area contributed by atoms with Crippen molar-refractivity contribution in [1.82, 2.24) is 10.1 Å². The maximum atomic E-state index is 6.21. The Morgan fingerprint density at radius 1 is 1.18 bits per heavy atom. The first-order valence-electron chi connectivity index (χ1n) is 7.61. The summed E-state index contributed by atoms with van der Waals surface area (Å²) in [5, 5.41) is 3.96. The van der Waals surface area contributed by atoms with Gasteiger partial charge in [-0.15, -0.1) is 0 Å². The van der Waals surface area contributed by atoms with Crippen LogP contribution in [0.3, 0.4) is 0 Å². The lowest BCUT2D eigenvalue weighted by molar-refractivity contribution is -0.0118. The number of hydrogen-bond acceptors (Lipinski definition) is 5. The molecule has 6 heteroatoms. The molecule has 1 aliphatic rings. The molecule has 0 amide bonds. The van der Waals surface area contributed by atoms with Crippen molar-refractivity contribution in [1.29, 1.82) is 0 Å². The predicted molar refractivity (Wildman–Crippen MR) is 84.8 cm³/mol. The SMILES string of the molecule is CCC1(C)OB(c2cccc(-c3noc(C)n3)c2)OC1(C)C. The number of rotatable bonds is 3. The molecule has 0 saturated carbocycles. The highest BCUT2D eigenvalue weighted by Crippen LogP contribution is 2.39. The second-order valence-electron chi connectivity index (χ2n) is 6.42. The van der Waals surface area contributed by atoms with Crippen molar-refractivity contribution in [2.45, 2.75) is 52.2 Å². The lowest BCUT2D eigenvalue weighted by atomic mass is 9.78. The first-order chi connectivity index (χ1) is 10.3. The molecule has 1 aliphatic heterocycles. The van der Waals surface area contributed by atoms with Crippen molar-refractivity contribution in [2.75, 3.05) is 0 Å². The van der Waals surface area contributed by atoms with Gasteiger partial charge in [0.25, 0.3) is 0 Å². The van der Waals surface area contributed by atoms with E-state index >= 15 is 0 Å². The van der Waals surface area contributed by atoms with Gasteiger partial charge >= 0.3 is 7.12 Å².